The van der Waals surface area contributed by atoms with Crippen LogP contribution in [0.2, 0.25) is 0 Å². The second-order valence-corrected chi connectivity index (χ2v) is 3.65. The smallest absolute Gasteiger partial charge is 0.211 e. The van der Waals surface area contributed by atoms with Crippen LogP contribution in [0.5, 0.6) is 0 Å². The summed E-state index contributed by atoms with van der Waals surface area (Å²) in [7, 11) is 0. The molecule has 1 rings (SSSR count). The zero-order chi connectivity index (χ0) is 12.0. The van der Waals surface area contributed by atoms with Gasteiger partial charge >= 0.3 is 0 Å². The summed E-state index contributed by atoms with van der Waals surface area (Å²) in [5, 5.41) is 0. The van der Waals surface area contributed by atoms with Crippen molar-refractivity contribution in [2.75, 3.05) is 0 Å². The number of nitrogens with zero attached hydrogens (tertiary/aromatic N) is 2. The summed E-state index contributed by atoms with van der Waals surface area (Å²) in [5.74, 6) is -0.141. The van der Waals surface area contributed by atoms with Gasteiger partial charge in [-0.3, -0.25) is 0 Å². The monoisotopic (exact) mass is 216 g/mol. The fraction of sp³-hybridized carbons (Fsp3) is 0.333. The van der Waals surface area contributed by atoms with Crippen LogP contribution in [0.3, 0.4) is 0 Å². The van der Waals surface area contributed by atoms with Gasteiger partial charge in [-0.05, 0) is 0 Å². The highest BCUT2D eigenvalue weighted by Crippen LogP contribution is 2.34. The van der Waals surface area contributed by atoms with E-state index in [0.29, 0.717) is 5.56 Å². The zero-order valence-corrected chi connectivity index (χ0v) is 9.18. The molecule has 0 aliphatic carbocycles. The van der Waals surface area contributed by atoms with Crippen molar-refractivity contribution in [3.63, 3.8) is 0 Å². The summed E-state index contributed by atoms with van der Waals surface area (Å²) < 4.78 is 0. The van der Waals surface area contributed by atoms with E-state index in [1.807, 2.05) is 19.9 Å². The normalized spacial score (nSPS) is 13.4. The highest BCUT2D eigenvalue weighted by atomic mass is 16.1. The highest BCUT2D eigenvalue weighted by Gasteiger charge is 2.35. The maximum absolute atomic E-state index is 10.5. The SMILES string of the molecule is CC(C)C(N=C=O)(N=C=O)c1ccccc1. The quantitative estimate of drug-likeness (QED) is 0.572. The third-order valence-corrected chi connectivity index (χ3v) is 2.44. The molecule has 0 amide bonds. The molecule has 1 aromatic rings. The van der Waals surface area contributed by atoms with Gasteiger partial charge in [-0.25, -0.2) is 9.59 Å². The van der Waals surface area contributed by atoms with Gasteiger partial charge in [0.1, 0.15) is 0 Å². The van der Waals surface area contributed by atoms with Crippen molar-refractivity contribution in [1.29, 1.82) is 0 Å². The fourth-order valence-corrected chi connectivity index (χ4v) is 1.57. The lowest BCUT2D eigenvalue weighted by Gasteiger charge is -2.26. The molecule has 0 aliphatic rings. The van der Waals surface area contributed by atoms with Crippen LogP contribution in [-0.2, 0) is 15.3 Å². The molecule has 0 saturated carbocycles. The molecule has 0 N–H and O–H groups in total. The van der Waals surface area contributed by atoms with Gasteiger partial charge in [-0.1, -0.05) is 44.2 Å². The summed E-state index contributed by atoms with van der Waals surface area (Å²) in [4.78, 5) is 28.3. The summed E-state index contributed by atoms with van der Waals surface area (Å²) in [6.45, 7) is 3.66. The van der Waals surface area contributed by atoms with Crippen molar-refractivity contribution in [3.8, 4) is 0 Å². The second-order valence-electron chi connectivity index (χ2n) is 3.65. The van der Waals surface area contributed by atoms with Crippen LogP contribution in [0.25, 0.3) is 0 Å². The Kier molecular flexibility index (Phi) is 3.90. The minimum atomic E-state index is -1.20. The van der Waals surface area contributed by atoms with Crippen LogP contribution in [0, 0.1) is 5.92 Å². The van der Waals surface area contributed by atoms with Crippen molar-refractivity contribution < 1.29 is 9.59 Å². The minimum Gasteiger partial charge on any atom is -0.211 e. The van der Waals surface area contributed by atoms with E-state index in [1.54, 1.807) is 24.3 Å². The lowest BCUT2D eigenvalue weighted by molar-refractivity contribution is 0.332. The third kappa shape index (κ3) is 2.14. The Bertz CT molecular complexity index is 423. The van der Waals surface area contributed by atoms with Gasteiger partial charge in [0.25, 0.3) is 0 Å². The minimum absolute atomic E-state index is 0.141. The first-order valence-electron chi connectivity index (χ1n) is 4.91. The zero-order valence-electron chi connectivity index (χ0n) is 9.18. The largest absolute Gasteiger partial charge is 0.237 e. The molecule has 0 radical (unpaired) electrons. The molecule has 0 atom stereocenters. The first-order chi connectivity index (χ1) is 7.67. The Morgan fingerprint density at radius 3 is 1.94 bits per heavy atom. The number of benzene rings is 1. The van der Waals surface area contributed by atoms with E-state index < -0.39 is 5.66 Å². The van der Waals surface area contributed by atoms with Crippen molar-refractivity contribution >= 4 is 12.2 Å². The molecule has 0 fully saturated rings. The first kappa shape index (κ1) is 12.1. The molecule has 4 nitrogen and oxygen atoms in total. The van der Waals surface area contributed by atoms with Gasteiger partial charge < -0.3 is 0 Å². The van der Waals surface area contributed by atoms with Gasteiger partial charge in [0, 0.05) is 11.5 Å². The molecular formula is C12H12N2O2. The second kappa shape index (κ2) is 5.17. The molecule has 0 aliphatic heterocycles. The third-order valence-electron chi connectivity index (χ3n) is 2.44. The first-order valence-corrected chi connectivity index (χ1v) is 4.91. The Morgan fingerprint density at radius 1 is 1.06 bits per heavy atom. The molecule has 0 spiro atoms. The standard InChI is InChI=1S/C12H12N2O2/c1-10(2)12(13-8-15,14-9-16)11-6-4-3-5-7-11/h3-7,10H,1-2H3. The van der Waals surface area contributed by atoms with Crippen molar-refractivity contribution in [2.45, 2.75) is 19.5 Å². The molecule has 4 heteroatoms. The van der Waals surface area contributed by atoms with Crippen LogP contribution in [0.1, 0.15) is 19.4 Å². The van der Waals surface area contributed by atoms with E-state index >= 15 is 0 Å². The van der Waals surface area contributed by atoms with Gasteiger partial charge in [0.2, 0.25) is 17.8 Å². The Hall–Kier alpha value is -2.02. The van der Waals surface area contributed by atoms with Gasteiger partial charge in [0.15, 0.2) is 0 Å². The number of carbonyl (C=O) groups excluding carboxylic acids is 2. The van der Waals surface area contributed by atoms with Crippen LogP contribution < -0.4 is 0 Å². The molecule has 0 bridgehead atoms. The van der Waals surface area contributed by atoms with Crippen molar-refractivity contribution in [3.05, 3.63) is 35.9 Å². The van der Waals surface area contributed by atoms with Gasteiger partial charge in [0.05, 0.1) is 0 Å². The van der Waals surface area contributed by atoms with Gasteiger partial charge in [-0.2, -0.15) is 9.98 Å². The molecule has 82 valence electrons. The van der Waals surface area contributed by atoms with Crippen LogP contribution in [0.15, 0.2) is 40.3 Å². The molecule has 16 heavy (non-hydrogen) atoms. The Labute approximate surface area is 93.7 Å². The average molecular weight is 216 g/mol. The predicted molar refractivity (Wildman–Crippen MR) is 59.2 cm³/mol. The van der Waals surface area contributed by atoms with E-state index in [1.165, 1.54) is 12.2 Å². The maximum Gasteiger partial charge on any atom is 0.237 e. The van der Waals surface area contributed by atoms with Gasteiger partial charge in [-0.15, -0.1) is 0 Å². The molecule has 0 heterocycles. The summed E-state index contributed by atoms with van der Waals surface area (Å²) in [6.07, 6.45) is 2.95. The Morgan fingerprint density at radius 2 is 1.56 bits per heavy atom. The predicted octanol–water partition coefficient (Wildman–Crippen LogP) is 2.17. The number of rotatable bonds is 4. The number of isocyanates is 2. The van der Waals surface area contributed by atoms with E-state index in [0.717, 1.165) is 0 Å². The topological polar surface area (TPSA) is 58.9 Å². The maximum atomic E-state index is 10.5. The summed E-state index contributed by atoms with van der Waals surface area (Å²) >= 11 is 0. The van der Waals surface area contributed by atoms with Crippen molar-refractivity contribution in [2.24, 2.45) is 15.9 Å². The van der Waals surface area contributed by atoms with E-state index in [2.05, 4.69) is 9.98 Å². The highest BCUT2D eigenvalue weighted by molar-refractivity contribution is 5.43. The molecule has 0 aromatic heterocycles. The molecule has 1 aromatic carbocycles. The number of aliphatic imine (C=N–C) groups is 2. The Balaban J connectivity index is 3.44. The lowest BCUT2D eigenvalue weighted by Crippen LogP contribution is -2.27. The van der Waals surface area contributed by atoms with E-state index in [9.17, 15) is 9.59 Å². The summed E-state index contributed by atoms with van der Waals surface area (Å²) in [5.41, 5.74) is -0.526. The van der Waals surface area contributed by atoms with Crippen LogP contribution in [-0.4, -0.2) is 12.2 Å². The van der Waals surface area contributed by atoms with E-state index in [4.69, 9.17) is 0 Å². The molecular weight excluding hydrogens is 204 g/mol. The molecule has 0 saturated heterocycles. The molecule has 0 unspecified atom stereocenters. The lowest BCUT2D eigenvalue weighted by atomic mass is 9.89. The average Bonchev–Trinajstić information content (AvgIpc) is 2.29. The number of hydrogen-bond donors (Lipinski definition) is 0. The number of hydrogen-bond acceptors (Lipinski definition) is 4. The van der Waals surface area contributed by atoms with E-state index in [-0.39, 0.29) is 5.92 Å². The van der Waals surface area contributed by atoms with Crippen molar-refractivity contribution in [1.82, 2.24) is 0 Å². The van der Waals surface area contributed by atoms with Crippen LogP contribution in [0.4, 0.5) is 0 Å². The fourth-order valence-electron chi connectivity index (χ4n) is 1.57. The summed E-state index contributed by atoms with van der Waals surface area (Å²) in [6, 6.07) is 8.97. The van der Waals surface area contributed by atoms with Crippen LogP contribution >= 0.6 is 0 Å².